The molecule has 1 N–H and O–H groups in total. The summed E-state index contributed by atoms with van der Waals surface area (Å²) in [5.41, 5.74) is 2.55. The van der Waals surface area contributed by atoms with Crippen molar-refractivity contribution in [3.63, 3.8) is 0 Å². The lowest BCUT2D eigenvalue weighted by Crippen LogP contribution is -2.32. The van der Waals surface area contributed by atoms with Gasteiger partial charge in [0.25, 0.3) is 5.56 Å². The zero-order chi connectivity index (χ0) is 21.8. The van der Waals surface area contributed by atoms with Gasteiger partial charge in [0.2, 0.25) is 5.91 Å². The number of aromatic nitrogens is 3. The third-order valence-corrected chi connectivity index (χ3v) is 4.94. The zero-order valence-corrected chi connectivity index (χ0v) is 16.9. The van der Waals surface area contributed by atoms with Crippen LogP contribution < -0.4 is 15.6 Å². The molecular weight excluding hydrogens is 399 g/mol. The smallest absolute Gasteiger partial charge is 0.276 e. The van der Waals surface area contributed by atoms with E-state index in [1.165, 1.54) is 16.7 Å². The normalized spacial score (nSPS) is 10.9. The molecule has 0 bridgehead atoms. The van der Waals surface area contributed by atoms with E-state index < -0.39 is 0 Å². The first-order chi connectivity index (χ1) is 15.0. The molecule has 8 heteroatoms. The summed E-state index contributed by atoms with van der Waals surface area (Å²) in [5.74, 6) is 0.220. The molecule has 0 unspecified atom stereocenters. The van der Waals surface area contributed by atoms with Crippen molar-refractivity contribution in [1.29, 1.82) is 0 Å². The molecule has 0 spiro atoms. The topological polar surface area (TPSA) is 77.6 Å². The maximum absolute atomic E-state index is 12.9. The number of nitrogens with zero attached hydrogens (tertiary/aromatic N) is 3. The van der Waals surface area contributed by atoms with E-state index in [4.69, 9.17) is 4.74 Å². The molecule has 2 heterocycles. The Balaban J connectivity index is 1.42. The Morgan fingerprint density at radius 1 is 1.10 bits per heavy atom. The van der Waals surface area contributed by atoms with E-state index in [1.54, 1.807) is 42.2 Å². The molecule has 0 fully saturated rings. The summed E-state index contributed by atoms with van der Waals surface area (Å²) >= 11 is 0. The van der Waals surface area contributed by atoms with Gasteiger partial charge in [0, 0.05) is 31.0 Å². The average Bonchev–Trinajstić information content (AvgIpc) is 3.22. The minimum Gasteiger partial charge on any atom is -0.497 e. The quantitative estimate of drug-likeness (QED) is 0.499. The van der Waals surface area contributed by atoms with Crippen LogP contribution in [0.4, 0.5) is 4.39 Å². The molecule has 2 aromatic carbocycles. The minimum absolute atomic E-state index is 0.155. The van der Waals surface area contributed by atoms with Gasteiger partial charge in [0.1, 0.15) is 17.1 Å². The van der Waals surface area contributed by atoms with E-state index in [1.807, 2.05) is 24.3 Å². The summed E-state index contributed by atoms with van der Waals surface area (Å²) in [4.78, 5) is 24.9. The molecule has 0 radical (unpaired) electrons. The van der Waals surface area contributed by atoms with E-state index in [2.05, 4.69) is 10.4 Å². The maximum Gasteiger partial charge on any atom is 0.276 e. The van der Waals surface area contributed by atoms with Crippen molar-refractivity contribution in [2.75, 3.05) is 13.7 Å². The molecule has 4 rings (SSSR count). The van der Waals surface area contributed by atoms with Crippen molar-refractivity contribution in [3.05, 3.63) is 88.7 Å². The van der Waals surface area contributed by atoms with Crippen molar-refractivity contribution in [2.24, 2.45) is 0 Å². The van der Waals surface area contributed by atoms with Crippen LogP contribution in [0.15, 0.2) is 71.8 Å². The number of hydrogen-bond donors (Lipinski definition) is 1. The van der Waals surface area contributed by atoms with Crippen LogP contribution in [-0.4, -0.2) is 33.7 Å². The molecule has 158 valence electrons. The first-order valence-electron chi connectivity index (χ1n) is 9.78. The van der Waals surface area contributed by atoms with Crippen molar-refractivity contribution in [1.82, 2.24) is 19.5 Å². The molecule has 2 aromatic heterocycles. The number of carbonyl (C=O) groups excluding carboxylic acids is 1. The Morgan fingerprint density at radius 3 is 2.55 bits per heavy atom. The number of methoxy groups -OCH3 is 1. The van der Waals surface area contributed by atoms with Crippen LogP contribution >= 0.6 is 0 Å². The summed E-state index contributed by atoms with van der Waals surface area (Å²) in [6.45, 7) is 0.628. The first-order valence-corrected chi connectivity index (χ1v) is 9.78. The first kappa shape index (κ1) is 20.3. The van der Waals surface area contributed by atoms with Crippen molar-refractivity contribution in [3.8, 4) is 17.0 Å². The van der Waals surface area contributed by atoms with Crippen LogP contribution in [0.1, 0.15) is 5.56 Å². The molecule has 0 aliphatic rings. The standard InChI is InChI=1S/C23H21FN4O3/c1-31-19-8-4-17(5-9-19)20-15-21-23(30)27(12-13-28(21)26-20)11-10-25-22(29)14-16-2-6-18(24)7-3-16/h2-9,12-13,15H,10-11,14H2,1H3,(H,25,29). The number of ether oxygens (including phenoxy) is 1. The van der Waals surface area contributed by atoms with Crippen LogP contribution in [0.5, 0.6) is 5.75 Å². The Kier molecular flexibility index (Phi) is 5.79. The van der Waals surface area contributed by atoms with E-state index in [0.29, 0.717) is 24.3 Å². The van der Waals surface area contributed by atoms with Gasteiger partial charge in [0.05, 0.1) is 19.2 Å². The predicted molar refractivity (Wildman–Crippen MR) is 115 cm³/mol. The van der Waals surface area contributed by atoms with Crippen LogP contribution in [0.3, 0.4) is 0 Å². The predicted octanol–water partition coefficient (Wildman–Crippen LogP) is 2.67. The number of rotatable bonds is 7. The summed E-state index contributed by atoms with van der Waals surface area (Å²) in [5, 5.41) is 7.25. The molecule has 0 saturated heterocycles. The number of halogens is 1. The molecule has 0 aliphatic heterocycles. The van der Waals surface area contributed by atoms with Crippen molar-refractivity contribution in [2.45, 2.75) is 13.0 Å². The molecule has 0 saturated carbocycles. The molecule has 4 aromatic rings. The Hall–Kier alpha value is -3.94. The Morgan fingerprint density at radius 2 is 1.84 bits per heavy atom. The monoisotopic (exact) mass is 420 g/mol. The van der Waals surface area contributed by atoms with Gasteiger partial charge in [-0.25, -0.2) is 8.91 Å². The SMILES string of the molecule is COc1ccc(-c2cc3c(=O)n(CCNC(=O)Cc4ccc(F)cc4)ccn3n2)cc1. The Bertz CT molecular complexity index is 1260. The molecule has 7 nitrogen and oxygen atoms in total. The lowest BCUT2D eigenvalue weighted by molar-refractivity contribution is -0.120. The van der Waals surface area contributed by atoms with Gasteiger partial charge in [-0.15, -0.1) is 0 Å². The highest BCUT2D eigenvalue weighted by Crippen LogP contribution is 2.21. The lowest BCUT2D eigenvalue weighted by atomic mass is 10.1. The Labute approximate surface area is 177 Å². The van der Waals surface area contributed by atoms with Gasteiger partial charge in [-0.1, -0.05) is 12.1 Å². The highest BCUT2D eigenvalue weighted by Gasteiger charge is 2.10. The summed E-state index contributed by atoms with van der Waals surface area (Å²) in [7, 11) is 1.60. The van der Waals surface area contributed by atoms with Crippen molar-refractivity contribution >= 4 is 11.4 Å². The van der Waals surface area contributed by atoms with Crippen LogP contribution in [-0.2, 0) is 17.8 Å². The third-order valence-electron chi connectivity index (χ3n) is 4.94. The van der Waals surface area contributed by atoms with Crippen LogP contribution in [0.2, 0.25) is 0 Å². The highest BCUT2D eigenvalue weighted by molar-refractivity contribution is 5.78. The second-order valence-corrected chi connectivity index (χ2v) is 7.04. The van der Waals surface area contributed by atoms with Gasteiger partial charge >= 0.3 is 0 Å². The summed E-state index contributed by atoms with van der Waals surface area (Å²) < 4.78 is 21.2. The van der Waals surface area contributed by atoms with Gasteiger partial charge in [-0.3, -0.25) is 9.59 Å². The second kappa shape index (κ2) is 8.83. The summed E-state index contributed by atoms with van der Waals surface area (Å²) in [6.07, 6.45) is 3.51. The van der Waals surface area contributed by atoms with Gasteiger partial charge in [-0.05, 0) is 48.0 Å². The average molecular weight is 420 g/mol. The fourth-order valence-electron chi connectivity index (χ4n) is 3.27. The number of amides is 1. The second-order valence-electron chi connectivity index (χ2n) is 7.04. The molecule has 0 atom stereocenters. The third kappa shape index (κ3) is 4.63. The van der Waals surface area contributed by atoms with E-state index in [9.17, 15) is 14.0 Å². The van der Waals surface area contributed by atoms with Gasteiger partial charge in [-0.2, -0.15) is 5.10 Å². The number of benzene rings is 2. The zero-order valence-electron chi connectivity index (χ0n) is 16.9. The molecular formula is C23H21FN4O3. The largest absolute Gasteiger partial charge is 0.497 e. The molecule has 0 aliphatic carbocycles. The fraction of sp³-hybridized carbons (Fsp3) is 0.174. The van der Waals surface area contributed by atoms with Crippen LogP contribution in [0, 0.1) is 5.82 Å². The number of carbonyl (C=O) groups is 1. The minimum atomic E-state index is -0.339. The van der Waals surface area contributed by atoms with E-state index in [0.717, 1.165) is 16.9 Å². The van der Waals surface area contributed by atoms with E-state index in [-0.39, 0.29) is 23.7 Å². The lowest BCUT2D eigenvalue weighted by Gasteiger charge is -2.08. The van der Waals surface area contributed by atoms with Gasteiger partial charge < -0.3 is 14.6 Å². The highest BCUT2D eigenvalue weighted by atomic mass is 19.1. The molecule has 1 amide bonds. The van der Waals surface area contributed by atoms with Gasteiger partial charge in [0.15, 0.2) is 0 Å². The van der Waals surface area contributed by atoms with Crippen molar-refractivity contribution < 1.29 is 13.9 Å². The maximum atomic E-state index is 12.9. The number of hydrogen-bond acceptors (Lipinski definition) is 4. The molecule has 31 heavy (non-hydrogen) atoms. The summed E-state index contributed by atoms with van der Waals surface area (Å²) in [6, 6.07) is 15.0. The van der Waals surface area contributed by atoms with Crippen LogP contribution in [0.25, 0.3) is 16.8 Å². The van der Waals surface area contributed by atoms with E-state index >= 15 is 0 Å². The number of fused-ring (bicyclic) bond motifs is 1. The fourth-order valence-corrected chi connectivity index (χ4v) is 3.27. The number of nitrogens with one attached hydrogen (secondary N) is 1.